The summed E-state index contributed by atoms with van der Waals surface area (Å²) >= 11 is 3.41. The molecule has 3 rings (SSSR count). The van der Waals surface area contributed by atoms with Gasteiger partial charge in [-0.1, -0.05) is 24.3 Å². The summed E-state index contributed by atoms with van der Waals surface area (Å²) in [6.45, 7) is 1.51. The smallest absolute Gasteiger partial charge is 0.251 e. The highest BCUT2D eigenvalue weighted by molar-refractivity contribution is 9.10. The average Bonchev–Trinajstić information content (AvgIpc) is 2.59. The summed E-state index contributed by atoms with van der Waals surface area (Å²) in [7, 11) is 1.60. The first-order valence-corrected chi connectivity index (χ1v) is 8.41. The quantitative estimate of drug-likeness (QED) is 0.809. The second-order valence-electron chi connectivity index (χ2n) is 5.51. The molecule has 4 nitrogen and oxygen atoms in total. The number of ether oxygens (including phenoxy) is 1. The third-order valence-corrected chi connectivity index (χ3v) is 4.72. The van der Waals surface area contributed by atoms with Crippen molar-refractivity contribution < 1.29 is 9.53 Å². The first-order chi connectivity index (χ1) is 11.2. The molecule has 1 aliphatic rings. The van der Waals surface area contributed by atoms with Crippen molar-refractivity contribution in [1.29, 1.82) is 0 Å². The molecule has 1 unspecified atom stereocenters. The number of carbonyl (C=O) groups is 1. The van der Waals surface area contributed by atoms with Crippen LogP contribution in [0, 0.1) is 0 Å². The minimum Gasteiger partial charge on any atom is -0.496 e. The molecular formula is C18H20BrClN2O2. The predicted molar refractivity (Wildman–Crippen MR) is 101 cm³/mol. The van der Waals surface area contributed by atoms with Crippen LogP contribution in [-0.2, 0) is 6.42 Å². The van der Waals surface area contributed by atoms with Gasteiger partial charge in [-0.25, -0.2) is 0 Å². The number of rotatable bonds is 4. The van der Waals surface area contributed by atoms with Gasteiger partial charge < -0.3 is 15.4 Å². The zero-order valence-electron chi connectivity index (χ0n) is 13.3. The number of nitrogens with one attached hydrogen (secondary N) is 2. The van der Waals surface area contributed by atoms with Crippen LogP contribution >= 0.6 is 28.3 Å². The Morgan fingerprint density at radius 3 is 2.88 bits per heavy atom. The summed E-state index contributed by atoms with van der Waals surface area (Å²) in [6.07, 6.45) is 1.03. The van der Waals surface area contributed by atoms with Crippen molar-refractivity contribution in [3.8, 4) is 5.75 Å². The van der Waals surface area contributed by atoms with E-state index in [1.807, 2.05) is 6.07 Å². The van der Waals surface area contributed by atoms with Gasteiger partial charge in [0.25, 0.3) is 5.91 Å². The van der Waals surface area contributed by atoms with Gasteiger partial charge in [0, 0.05) is 18.2 Å². The molecule has 0 saturated carbocycles. The second kappa shape index (κ2) is 8.51. The van der Waals surface area contributed by atoms with Crippen LogP contribution < -0.4 is 15.4 Å². The van der Waals surface area contributed by atoms with E-state index in [1.54, 1.807) is 25.3 Å². The highest BCUT2D eigenvalue weighted by Crippen LogP contribution is 2.26. The molecule has 128 valence electrons. The first-order valence-electron chi connectivity index (χ1n) is 7.62. The normalized spacial score (nSPS) is 15.8. The zero-order chi connectivity index (χ0) is 16.2. The fraction of sp³-hybridized carbons (Fsp3) is 0.278. The maximum atomic E-state index is 12.4. The topological polar surface area (TPSA) is 50.4 Å². The summed E-state index contributed by atoms with van der Waals surface area (Å²) in [5.74, 6) is 0.627. The van der Waals surface area contributed by atoms with E-state index >= 15 is 0 Å². The van der Waals surface area contributed by atoms with Crippen LogP contribution in [0.3, 0.4) is 0 Å². The van der Waals surface area contributed by atoms with E-state index in [1.165, 1.54) is 11.1 Å². The number of carbonyl (C=O) groups excluding carboxylic acids is 1. The lowest BCUT2D eigenvalue weighted by molar-refractivity contribution is 0.0949. The summed E-state index contributed by atoms with van der Waals surface area (Å²) in [4.78, 5) is 12.4. The van der Waals surface area contributed by atoms with E-state index in [0.717, 1.165) is 17.4 Å². The van der Waals surface area contributed by atoms with Crippen LogP contribution in [0.1, 0.15) is 27.5 Å². The van der Waals surface area contributed by atoms with Crippen molar-refractivity contribution in [3.05, 3.63) is 63.6 Å². The van der Waals surface area contributed by atoms with Gasteiger partial charge in [-0.2, -0.15) is 0 Å². The van der Waals surface area contributed by atoms with Gasteiger partial charge >= 0.3 is 0 Å². The average molecular weight is 412 g/mol. The van der Waals surface area contributed by atoms with Crippen molar-refractivity contribution in [3.63, 3.8) is 0 Å². The zero-order valence-corrected chi connectivity index (χ0v) is 15.7. The summed E-state index contributed by atoms with van der Waals surface area (Å²) in [6, 6.07) is 13.9. The molecule has 1 atom stereocenters. The molecule has 0 aliphatic carbocycles. The molecule has 2 aromatic rings. The second-order valence-corrected chi connectivity index (χ2v) is 6.37. The fourth-order valence-electron chi connectivity index (χ4n) is 2.88. The minimum absolute atomic E-state index is 0. The highest BCUT2D eigenvalue weighted by Gasteiger charge is 2.20. The maximum Gasteiger partial charge on any atom is 0.251 e. The molecule has 0 spiro atoms. The Balaban J connectivity index is 0.00000208. The molecule has 2 aromatic carbocycles. The van der Waals surface area contributed by atoms with Crippen molar-refractivity contribution >= 4 is 34.2 Å². The maximum absolute atomic E-state index is 12.4. The minimum atomic E-state index is -0.0850. The fourth-order valence-corrected chi connectivity index (χ4v) is 3.42. The van der Waals surface area contributed by atoms with Gasteiger partial charge in [0.05, 0.1) is 11.6 Å². The predicted octanol–water partition coefficient (Wildman–Crippen LogP) is 3.50. The Hall–Kier alpha value is -1.56. The molecular weight excluding hydrogens is 392 g/mol. The molecule has 1 amide bonds. The van der Waals surface area contributed by atoms with Crippen LogP contribution in [0.4, 0.5) is 0 Å². The molecule has 6 heteroatoms. The number of methoxy groups -OCH3 is 1. The summed E-state index contributed by atoms with van der Waals surface area (Å²) in [5.41, 5.74) is 3.24. The number of hydrogen-bond donors (Lipinski definition) is 2. The molecule has 0 bridgehead atoms. The number of benzene rings is 2. The van der Waals surface area contributed by atoms with Crippen molar-refractivity contribution in [1.82, 2.24) is 10.6 Å². The number of fused-ring (bicyclic) bond motifs is 1. The highest BCUT2D eigenvalue weighted by atomic mass is 79.9. The van der Waals surface area contributed by atoms with E-state index in [2.05, 4.69) is 44.8 Å². The number of amides is 1. The van der Waals surface area contributed by atoms with Gasteiger partial charge in [-0.15, -0.1) is 12.4 Å². The lowest BCUT2D eigenvalue weighted by Crippen LogP contribution is -2.38. The van der Waals surface area contributed by atoms with Crippen LogP contribution in [0.5, 0.6) is 5.75 Å². The van der Waals surface area contributed by atoms with Crippen LogP contribution in [-0.4, -0.2) is 26.1 Å². The lowest BCUT2D eigenvalue weighted by atomic mass is 9.94. The SMILES string of the molecule is COc1ccc(C(=O)NCC2NCCc3ccccc32)cc1Br.Cl. The monoisotopic (exact) mass is 410 g/mol. The molecule has 0 aromatic heterocycles. The molecule has 1 aliphatic heterocycles. The molecule has 0 radical (unpaired) electrons. The molecule has 0 saturated heterocycles. The van der Waals surface area contributed by atoms with E-state index in [9.17, 15) is 4.79 Å². The Labute approximate surface area is 156 Å². The summed E-state index contributed by atoms with van der Waals surface area (Å²) < 4.78 is 5.96. The van der Waals surface area contributed by atoms with Gasteiger partial charge in [0.2, 0.25) is 0 Å². The van der Waals surface area contributed by atoms with Crippen LogP contribution in [0.25, 0.3) is 0 Å². The lowest BCUT2D eigenvalue weighted by Gasteiger charge is -2.27. The van der Waals surface area contributed by atoms with Gasteiger partial charge in [0.1, 0.15) is 5.75 Å². The van der Waals surface area contributed by atoms with Crippen LogP contribution in [0.15, 0.2) is 46.9 Å². The van der Waals surface area contributed by atoms with E-state index in [0.29, 0.717) is 17.9 Å². The number of hydrogen-bond acceptors (Lipinski definition) is 3. The van der Waals surface area contributed by atoms with Gasteiger partial charge in [-0.05, 0) is 58.2 Å². The van der Waals surface area contributed by atoms with Crippen LogP contribution in [0.2, 0.25) is 0 Å². The third kappa shape index (κ3) is 4.09. The molecule has 24 heavy (non-hydrogen) atoms. The first kappa shape index (κ1) is 18.8. The van der Waals surface area contributed by atoms with Crippen molar-refractivity contribution in [2.45, 2.75) is 12.5 Å². The van der Waals surface area contributed by atoms with Crippen molar-refractivity contribution in [2.75, 3.05) is 20.2 Å². The standard InChI is InChI=1S/C18H19BrN2O2.ClH/c1-23-17-7-6-13(10-15(17)19)18(22)21-11-16-14-5-3-2-4-12(14)8-9-20-16;/h2-7,10,16,20H,8-9,11H2,1H3,(H,21,22);1H. The van der Waals surface area contributed by atoms with E-state index in [4.69, 9.17) is 4.74 Å². The molecule has 2 N–H and O–H groups in total. The Morgan fingerprint density at radius 2 is 2.12 bits per heavy atom. The molecule has 1 heterocycles. The Morgan fingerprint density at radius 1 is 1.33 bits per heavy atom. The Bertz CT molecular complexity index is 724. The molecule has 0 fully saturated rings. The van der Waals surface area contributed by atoms with Gasteiger partial charge in [-0.3, -0.25) is 4.79 Å². The third-order valence-electron chi connectivity index (χ3n) is 4.10. The van der Waals surface area contributed by atoms with Crippen molar-refractivity contribution in [2.24, 2.45) is 0 Å². The largest absolute Gasteiger partial charge is 0.496 e. The van der Waals surface area contributed by atoms with E-state index < -0.39 is 0 Å². The number of halogens is 2. The van der Waals surface area contributed by atoms with E-state index in [-0.39, 0.29) is 24.4 Å². The Kier molecular flexibility index (Phi) is 6.66. The summed E-state index contributed by atoms with van der Waals surface area (Å²) in [5, 5.41) is 6.48. The van der Waals surface area contributed by atoms with Gasteiger partial charge in [0.15, 0.2) is 0 Å².